The minimum absolute atomic E-state index is 0.0306. The number of rotatable bonds is 3. The zero-order chi connectivity index (χ0) is 20.8. The van der Waals surface area contributed by atoms with Crippen LogP contribution in [0.4, 0.5) is 18.3 Å². The van der Waals surface area contributed by atoms with Crippen LogP contribution < -0.4 is 15.6 Å². The Hall–Kier alpha value is -3.47. The molecule has 1 N–H and O–H groups in total. The van der Waals surface area contributed by atoms with Gasteiger partial charge in [0.15, 0.2) is 10.8 Å². The number of benzene rings is 2. The third-order valence-electron chi connectivity index (χ3n) is 3.99. The number of hydrogen-bond acceptors (Lipinski definition) is 6. The standard InChI is InChI=1S/C18H11F3N4O3S/c1-25-16(27)11-5-3-2-4-10(11)14(24-25)15(26)23-17-22-12-7-6-9(8-13(12)29-17)28-18(19,20)21/h2-8H,1H3,(H,22,23,26). The highest BCUT2D eigenvalue weighted by molar-refractivity contribution is 7.22. The lowest BCUT2D eigenvalue weighted by Crippen LogP contribution is -2.25. The van der Waals surface area contributed by atoms with Crippen LogP contribution in [0, 0.1) is 0 Å². The second-order valence-corrected chi connectivity index (χ2v) is 7.00. The molecule has 11 heteroatoms. The average molecular weight is 420 g/mol. The molecule has 0 spiro atoms. The molecule has 0 saturated heterocycles. The van der Waals surface area contributed by atoms with Crippen molar-refractivity contribution < 1.29 is 22.7 Å². The smallest absolute Gasteiger partial charge is 0.406 e. The fraction of sp³-hybridized carbons (Fsp3) is 0.111. The number of fused-ring (bicyclic) bond motifs is 2. The van der Waals surface area contributed by atoms with E-state index in [0.29, 0.717) is 21.0 Å². The number of amides is 1. The molecule has 0 aliphatic rings. The van der Waals surface area contributed by atoms with Gasteiger partial charge in [-0.05, 0) is 18.2 Å². The molecule has 0 aliphatic carbocycles. The lowest BCUT2D eigenvalue weighted by molar-refractivity contribution is -0.274. The van der Waals surface area contributed by atoms with Crippen molar-refractivity contribution in [3.8, 4) is 5.75 Å². The van der Waals surface area contributed by atoms with Gasteiger partial charge < -0.3 is 4.74 Å². The Morgan fingerprint density at radius 1 is 1.17 bits per heavy atom. The first-order valence-electron chi connectivity index (χ1n) is 8.15. The second kappa shape index (κ2) is 6.85. The van der Waals surface area contributed by atoms with E-state index in [2.05, 4.69) is 20.1 Å². The summed E-state index contributed by atoms with van der Waals surface area (Å²) in [6.07, 6.45) is -4.80. The summed E-state index contributed by atoms with van der Waals surface area (Å²) >= 11 is 0.986. The number of nitrogens with one attached hydrogen (secondary N) is 1. The minimum atomic E-state index is -4.80. The first-order chi connectivity index (χ1) is 13.7. The van der Waals surface area contributed by atoms with E-state index in [9.17, 15) is 22.8 Å². The average Bonchev–Trinajstić information content (AvgIpc) is 3.04. The SMILES string of the molecule is Cn1nc(C(=O)Nc2nc3ccc(OC(F)(F)F)cc3s2)c2ccccc2c1=O. The van der Waals surface area contributed by atoms with Gasteiger partial charge in [0.1, 0.15) is 5.75 Å². The molecule has 29 heavy (non-hydrogen) atoms. The molecule has 0 atom stereocenters. The van der Waals surface area contributed by atoms with Crippen molar-refractivity contribution in [2.45, 2.75) is 6.36 Å². The number of alkyl halides is 3. The molecular formula is C18H11F3N4O3S. The van der Waals surface area contributed by atoms with Gasteiger partial charge in [0.25, 0.3) is 11.5 Å². The number of nitrogens with zero attached hydrogens (tertiary/aromatic N) is 3. The van der Waals surface area contributed by atoms with Gasteiger partial charge in [0.2, 0.25) is 0 Å². The van der Waals surface area contributed by atoms with Crippen molar-refractivity contribution in [3.63, 3.8) is 0 Å². The Balaban J connectivity index is 1.67. The van der Waals surface area contributed by atoms with Gasteiger partial charge in [-0.3, -0.25) is 14.9 Å². The summed E-state index contributed by atoms with van der Waals surface area (Å²) in [5, 5.41) is 7.51. The molecule has 148 valence electrons. The first kappa shape index (κ1) is 18.9. The number of ether oxygens (including phenoxy) is 1. The van der Waals surface area contributed by atoms with Gasteiger partial charge >= 0.3 is 6.36 Å². The molecule has 0 bridgehead atoms. The number of carbonyl (C=O) groups excluding carboxylic acids is 1. The minimum Gasteiger partial charge on any atom is -0.406 e. The molecule has 0 fully saturated rings. The zero-order valence-electron chi connectivity index (χ0n) is 14.6. The van der Waals surface area contributed by atoms with Crippen LogP contribution in [0.25, 0.3) is 21.0 Å². The second-order valence-electron chi connectivity index (χ2n) is 5.97. The molecule has 1 amide bonds. The summed E-state index contributed by atoms with van der Waals surface area (Å²) in [5.41, 5.74) is 0.0930. The number of aryl methyl sites for hydroxylation is 1. The Labute approximate surface area is 164 Å². The molecule has 4 rings (SSSR count). The van der Waals surface area contributed by atoms with Crippen molar-refractivity contribution in [2.24, 2.45) is 7.05 Å². The summed E-state index contributed by atoms with van der Waals surface area (Å²) in [6, 6.07) is 10.3. The van der Waals surface area contributed by atoms with Gasteiger partial charge in [-0.2, -0.15) is 5.10 Å². The predicted octanol–water partition coefficient (Wildman–Crippen LogP) is 3.69. The van der Waals surface area contributed by atoms with Crippen molar-refractivity contribution in [1.29, 1.82) is 0 Å². The molecule has 2 aromatic carbocycles. The van der Waals surface area contributed by atoms with E-state index >= 15 is 0 Å². The molecule has 7 nitrogen and oxygen atoms in total. The van der Waals surface area contributed by atoms with E-state index in [-0.39, 0.29) is 22.1 Å². The number of halogens is 3. The number of carbonyl (C=O) groups is 1. The lowest BCUT2D eigenvalue weighted by Gasteiger charge is -2.07. The third-order valence-corrected chi connectivity index (χ3v) is 4.92. The summed E-state index contributed by atoms with van der Waals surface area (Å²) < 4.78 is 42.5. The lowest BCUT2D eigenvalue weighted by atomic mass is 10.1. The van der Waals surface area contributed by atoms with Crippen LogP contribution in [0.2, 0.25) is 0 Å². The van der Waals surface area contributed by atoms with E-state index in [0.717, 1.165) is 22.1 Å². The van der Waals surface area contributed by atoms with Gasteiger partial charge in [0.05, 0.1) is 15.6 Å². The highest BCUT2D eigenvalue weighted by Gasteiger charge is 2.31. The fourth-order valence-corrected chi connectivity index (χ4v) is 3.67. The van der Waals surface area contributed by atoms with E-state index in [1.54, 1.807) is 24.3 Å². The van der Waals surface area contributed by atoms with Gasteiger partial charge in [0, 0.05) is 18.5 Å². The summed E-state index contributed by atoms with van der Waals surface area (Å²) in [6.45, 7) is 0. The van der Waals surface area contributed by atoms with Crippen LogP contribution in [0.5, 0.6) is 5.75 Å². The number of hydrogen-bond donors (Lipinski definition) is 1. The molecular weight excluding hydrogens is 409 g/mol. The summed E-state index contributed by atoms with van der Waals surface area (Å²) in [5.74, 6) is -0.972. The zero-order valence-corrected chi connectivity index (χ0v) is 15.5. The van der Waals surface area contributed by atoms with Gasteiger partial charge in [-0.25, -0.2) is 9.67 Å². The van der Waals surface area contributed by atoms with Crippen molar-refractivity contribution in [1.82, 2.24) is 14.8 Å². The highest BCUT2D eigenvalue weighted by atomic mass is 32.1. The molecule has 0 aliphatic heterocycles. The van der Waals surface area contributed by atoms with Crippen LogP contribution in [0.1, 0.15) is 10.5 Å². The molecule has 0 radical (unpaired) electrons. The van der Waals surface area contributed by atoms with Crippen molar-refractivity contribution in [3.05, 3.63) is 58.5 Å². The fourth-order valence-electron chi connectivity index (χ4n) is 2.78. The number of anilines is 1. The van der Waals surface area contributed by atoms with E-state index < -0.39 is 12.3 Å². The Morgan fingerprint density at radius 2 is 1.90 bits per heavy atom. The van der Waals surface area contributed by atoms with Crippen LogP contribution >= 0.6 is 11.3 Å². The Morgan fingerprint density at radius 3 is 2.62 bits per heavy atom. The summed E-state index contributed by atoms with van der Waals surface area (Å²) in [4.78, 5) is 29.1. The quantitative estimate of drug-likeness (QED) is 0.546. The van der Waals surface area contributed by atoms with Crippen LogP contribution in [0.3, 0.4) is 0 Å². The Bertz CT molecular complexity index is 1310. The van der Waals surface area contributed by atoms with Crippen LogP contribution in [-0.2, 0) is 7.05 Å². The highest BCUT2D eigenvalue weighted by Crippen LogP contribution is 2.31. The predicted molar refractivity (Wildman–Crippen MR) is 101 cm³/mol. The molecule has 2 heterocycles. The van der Waals surface area contributed by atoms with Gasteiger partial charge in [-0.15, -0.1) is 13.2 Å². The maximum atomic E-state index is 12.7. The molecule has 4 aromatic rings. The number of thiazole rings is 1. The maximum Gasteiger partial charge on any atom is 0.573 e. The van der Waals surface area contributed by atoms with Crippen LogP contribution in [-0.4, -0.2) is 27.0 Å². The van der Waals surface area contributed by atoms with E-state index in [1.165, 1.54) is 19.2 Å². The first-order valence-corrected chi connectivity index (χ1v) is 8.97. The van der Waals surface area contributed by atoms with E-state index in [4.69, 9.17) is 0 Å². The van der Waals surface area contributed by atoms with E-state index in [1.807, 2.05) is 0 Å². The Kier molecular flexibility index (Phi) is 4.46. The molecule has 2 aromatic heterocycles. The number of aromatic nitrogens is 3. The third kappa shape index (κ3) is 3.76. The molecule has 0 saturated carbocycles. The maximum absolute atomic E-state index is 12.7. The largest absolute Gasteiger partial charge is 0.573 e. The van der Waals surface area contributed by atoms with Crippen LogP contribution in [0.15, 0.2) is 47.3 Å². The monoisotopic (exact) mass is 420 g/mol. The summed E-state index contributed by atoms with van der Waals surface area (Å²) in [7, 11) is 1.44. The topological polar surface area (TPSA) is 86.1 Å². The van der Waals surface area contributed by atoms with Crippen molar-refractivity contribution >= 4 is 43.4 Å². The van der Waals surface area contributed by atoms with Crippen molar-refractivity contribution in [2.75, 3.05) is 5.32 Å². The normalized spacial score (nSPS) is 11.7. The van der Waals surface area contributed by atoms with Gasteiger partial charge in [-0.1, -0.05) is 29.5 Å². The molecule has 0 unspecified atom stereocenters.